The van der Waals surface area contributed by atoms with Crippen LogP contribution in [0.15, 0.2) is 70.2 Å². The molecule has 1 amide bonds. The van der Waals surface area contributed by atoms with Crippen LogP contribution < -0.4 is 5.43 Å². The monoisotopic (exact) mass is 424 g/mol. The first-order chi connectivity index (χ1) is 12.8. The lowest BCUT2D eigenvalue weighted by molar-refractivity contribution is 0.0947. The number of carbonyl (C=O) groups excluding carboxylic acids is 1. The van der Waals surface area contributed by atoms with Crippen molar-refractivity contribution in [1.82, 2.24) is 15.2 Å². The molecule has 0 atom stereocenters. The lowest BCUT2D eigenvalue weighted by Crippen LogP contribution is -2.21. The summed E-state index contributed by atoms with van der Waals surface area (Å²) < 4.78 is 2.65. The van der Waals surface area contributed by atoms with Gasteiger partial charge in [0.2, 0.25) is 0 Å². The fourth-order valence-corrected chi connectivity index (χ4v) is 2.71. The molecule has 138 valence electrons. The Balaban J connectivity index is 1.86. The molecule has 3 aromatic rings. The van der Waals surface area contributed by atoms with Gasteiger partial charge >= 0.3 is 0 Å². The van der Waals surface area contributed by atoms with E-state index in [9.17, 15) is 4.79 Å². The number of halogens is 1. The van der Waals surface area contributed by atoms with Gasteiger partial charge < -0.3 is 0 Å². The first-order valence-electron chi connectivity index (χ1n) is 8.59. The van der Waals surface area contributed by atoms with E-state index < -0.39 is 0 Å². The summed E-state index contributed by atoms with van der Waals surface area (Å²) in [6, 6.07) is 19.1. The second kappa shape index (κ2) is 7.88. The Morgan fingerprint density at radius 3 is 2.41 bits per heavy atom. The molecule has 0 aliphatic rings. The van der Waals surface area contributed by atoms with Gasteiger partial charge in [0.05, 0.1) is 17.6 Å². The van der Waals surface area contributed by atoms with E-state index in [1.807, 2.05) is 60.7 Å². The van der Waals surface area contributed by atoms with Gasteiger partial charge in [-0.3, -0.25) is 4.79 Å². The van der Waals surface area contributed by atoms with Gasteiger partial charge in [-0.25, -0.2) is 10.1 Å². The van der Waals surface area contributed by atoms with Crippen molar-refractivity contribution in [3.8, 4) is 5.69 Å². The number of amides is 1. The van der Waals surface area contributed by atoms with Gasteiger partial charge in [0.1, 0.15) is 5.69 Å². The molecule has 0 saturated heterocycles. The van der Waals surface area contributed by atoms with E-state index in [1.54, 1.807) is 10.9 Å². The maximum absolute atomic E-state index is 12.7. The van der Waals surface area contributed by atoms with Gasteiger partial charge in [0, 0.05) is 9.89 Å². The number of benzene rings is 2. The van der Waals surface area contributed by atoms with Crippen molar-refractivity contribution in [2.24, 2.45) is 5.10 Å². The van der Waals surface area contributed by atoms with Crippen molar-refractivity contribution in [3.63, 3.8) is 0 Å². The Labute approximate surface area is 167 Å². The molecule has 3 rings (SSSR count). The van der Waals surface area contributed by atoms with E-state index >= 15 is 0 Å². The van der Waals surface area contributed by atoms with Crippen LogP contribution in [0.5, 0.6) is 0 Å². The Morgan fingerprint density at radius 2 is 1.78 bits per heavy atom. The van der Waals surface area contributed by atoms with Crippen LogP contribution in [0, 0.1) is 0 Å². The number of para-hydroxylation sites is 1. The molecule has 0 radical (unpaired) electrons. The smallest absolute Gasteiger partial charge is 0.266 e. The third-order valence-electron chi connectivity index (χ3n) is 3.96. The molecule has 0 aliphatic carbocycles. The maximum atomic E-state index is 12.7. The van der Waals surface area contributed by atoms with Crippen LogP contribution in [0.2, 0.25) is 0 Å². The molecule has 1 aromatic heterocycles. The third-order valence-corrected chi connectivity index (χ3v) is 4.49. The van der Waals surface area contributed by atoms with Gasteiger partial charge in [-0.2, -0.15) is 10.2 Å². The van der Waals surface area contributed by atoms with E-state index in [-0.39, 0.29) is 11.3 Å². The number of hydrazone groups is 1. The quantitative estimate of drug-likeness (QED) is 0.487. The number of rotatable bonds is 4. The average Bonchev–Trinajstić information content (AvgIpc) is 3.10. The molecule has 6 heteroatoms. The van der Waals surface area contributed by atoms with Crippen LogP contribution in [-0.4, -0.2) is 21.9 Å². The van der Waals surface area contributed by atoms with Crippen LogP contribution in [0.1, 0.15) is 42.5 Å². The van der Waals surface area contributed by atoms with Crippen molar-refractivity contribution in [1.29, 1.82) is 0 Å². The minimum Gasteiger partial charge on any atom is -0.266 e. The van der Waals surface area contributed by atoms with Gasteiger partial charge in [0.25, 0.3) is 5.91 Å². The van der Waals surface area contributed by atoms with Crippen molar-refractivity contribution in [2.45, 2.75) is 26.2 Å². The molecule has 5 nitrogen and oxygen atoms in total. The predicted octanol–water partition coefficient (Wildman–Crippen LogP) is 4.70. The summed E-state index contributed by atoms with van der Waals surface area (Å²) in [6.45, 7) is 6.20. The second-order valence-corrected chi connectivity index (χ2v) is 8.08. The third kappa shape index (κ3) is 4.71. The number of aromatic nitrogens is 2. The van der Waals surface area contributed by atoms with E-state index in [0.717, 1.165) is 21.4 Å². The SMILES string of the molecule is CC(C)(C)c1cc(C(=O)N/N=C/c2ccc(Br)cc2)n(-c2ccccc2)n1. The summed E-state index contributed by atoms with van der Waals surface area (Å²) in [5.74, 6) is -0.310. The molecule has 0 aliphatic heterocycles. The largest absolute Gasteiger partial charge is 0.290 e. The fraction of sp³-hybridized carbons (Fsp3) is 0.190. The topological polar surface area (TPSA) is 59.3 Å². The second-order valence-electron chi connectivity index (χ2n) is 7.16. The zero-order valence-corrected chi connectivity index (χ0v) is 17.1. The van der Waals surface area contributed by atoms with E-state index in [2.05, 4.69) is 52.3 Å². The maximum Gasteiger partial charge on any atom is 0.290 e. The minimum absolute atomic E-state index is 0.171. The van der Waals surface area contributed by atoms with Gasteiger partial charge in [0.15, 0.2) is 0 Å². The average molecular weight is 425 g/mol. The highest BCUT2D eigenvalue weighted by Crippen LogP contribution is 2.23. The molecule has 0 bridgehead atoms. The van der Waals surface area contributed by atoms with Crippen molar-refractivity contribution < 1.29 is 4.79 Å². The summed E-state index contributed by atoms with van der Waals surface area (Å²) in [7, 11) is 0. The van der Waals surface area contributed by atoms with Crippen molar-refractivity contribution in [3.05, 3.63) is 82.1 Å². The molecule has 27 heavy (non-hydrogen) atoms. The highest BCUT2D eigenvalue weighted by molar-refractivity contribution is 9.10. The summed E-state index contributed by atoms with van der Waals surface area (Å²) in [5.41, 5.74) is 5.43. The Bertz CT molecular complexity index is 954. The van der Waals surface area contributed by atoms with Gasteiger partial charge in [-0.05, 0) is 35.9 Å². The molecule has 0 fully saturated rings. The highest BCUT2D eigenvalue weighted by atomic mass is 79.9. The van der Waals surface area contributed by atoms with E-state index in [0.29, 0.717) is 5.69 Å². The lowest BCUT2D eigenvalue weighted by atomic mass is 9.92. The van der Waals surface area contributed by atoms with Crippen LogP contribution in [0.25, 0.3) is 5.69 Å². The Hall–Kier alpha value is -2.73. The Kier molecular flexibility index (Phi) is 5.56. The Morgan fingerprint density at radius 1 is 1.11 bits per heavy atom. The first-order valence-corrected chi connectivity index (χ1v) is 9.39. The molecule has 0 saturated carbocycles. The van der Waals surface area contributed by atoms with Gasteiger partial charge in [-0.15, -0.1) is 0 Å². The summed E-state index contributed by atoms with van der Waals surface area (Å²) in [4.78, 5) is 12.7. The number of hydrogen-bond acceptors (Lipinski definition) is 3. The van der Waals surface area contributed by atoms with Gasteiger partial charge in [-0.1, -0.05) is 67.0 Å². The minimum atomic E-state index is -0.310. The summed E-state index contributed by atoms with van der Waals surface area (Å²) in [5, 5.41) is 8.72. The molecule has 0 spiro atoms. The highest BCUT2D eigenvalue weighted by Gasteiger charge is 2.23. The van der Waals surface area contributed by atoms with Crippen LogP contribution in [0.3, 0.4) is 0 Å². The summed E-state index contributed by atoms with van der Waals surface area (Å²) in [6.07, 6.45) is 1.61. The van der Waals surface area contributed by atoms with Crippen molar-refractivity contribution >= 4 is 28.1 Å². The standard InChI is InChI=1S/C21H21BrN4O/c1-21(2,3)19-13-18(26(25-19)17-7-5-4-6-8-17)20(27)24-23-14-15-9-11-16(22)12-10-15/h4-14H,1-3H3,(H,24,27)/b23-14+. The van der Waals surface area contributed by atoms with Crippen LogP contribution >= 0.6 is 15.9 Å². The zero-order valence-electron chi connectivity index (χ0n) is 15.5. The first kappa shape index (κ1) is 19.0. The normalized spacial score (nSPS) is 11.7. The molecule has 0 unspecified atom stereocenters. The lowest BCUT2D eigenvalue weighted by Gasteiger charge is -2.14. The molecule has 2 aromatic carbocycles. The van der Waals surface area contributed by atoms with Crippen LogP contribution in [0.4, 0.5) is 0 Å². The van der Waals surface area contributed by atoms with E-state index in [4.69, 9.17) is 0 Å². The molecular formula is C21H21BrN4O. The molecular weight excluding hydrogens is 404 g/mol. The number of nitrogens with zero attached hydrogens (tertiary/aromatic N) is 3. The van der Waals surface area contributed by atoms with E-state index in [1.165, 1.54) is 0 Å². The fourth-order valence-electron chi connectivity index (χ4n) is 2.45. The molecule has 1 heterocycles. The number of hydrogen-bond donors (Lipinski definition) is 1. The molecule has 1 N–H and O–H groups in total. The van der Waals surface area contributed by atoms with Crippen molar-refractivity contribution in [2.75, 3.05) is 0 Å². The number of nitrogens with one attached hydrogen (secondary N) is 1. The van der Waals surface area contributed by atoms with Crippen LogP contribution in [-0.2, 0) is 5.41 Å². The predicted molar refractivity (Wildman–Crippen MR) is 111 cm³/mol. The summed E-state index contributed by atoms with van der Waals surface area (Å²) >= 11 is 3.39. The number of carbonyl (C=O) groups is 1. The zero-order chi connectivity index (χ0) is 19.4.